The van der Waals surface area contributed by atoms with Crippen molar-refractivity contribution in [2.45, 2.75) is 6.92 Å². The average Bonchev–Trinajstić information content (AvgIpc) is 2.95. The highest BCUT2D eigenvalue weighted by Crippen LogP contribution is 2.19. The Morgan fingerprint density at radius 2 is 1.88 bits per heavy atom. The van der Waals surface area contributed by atoms with Gasteiger partial charge in [-0.15, -0.1) is 0 Å². The van der Waals surface area contributed by atoms with Crippen molar-refractivity contribution in [1.82, 2.24) is 19.4 Å². The fourth-order valence-corrected chi connectivity index (χ4v) is 3.32. The number of hydrogen-bond donors (Lipinski definition) is 0. The van der Waals surface area contributed by atoms with Crippen LogP contribution >= 0.6 is 0 Å². The molecule has 0 aliphatic carbocycles. The molecular weight excluding hydrogens is 314 g/mol. The number of hydrogen-bond acceptors (Lipinski definition) is 4. The van der Waals surface area contributed by atoms with Crippen LogP contribution in [0.4, 0.5) is 5.82 Å². The summed E-state index contributed by atoms with van der Waals surface area (Å²) in [5, 5.41) is 0. The summed E-state index contributed by atoms with van der Waals surface area (Å²) in [5.74, 6) is 1.99. The van der Waals surface area contributed by atoms with Gasteiger partial charge in [-0.2, -0.15) is 0 Å². The monoisotopic (exact) mass is 335 g/mol. The lowest BCUT2D eigenvalue weighted by atomic mass is 10.1. The first-order valence-electron chi connectivity index (χ1n) is 8.52. The number of carbonyl (C=O) groups is 1. The molecule has 0 radical (unpaired) electrons. The van der Waals surface area contributed by atoms with Gasteiger partial charge in [0, 0.05) is 45.0 Å². The van der Waals surface area contributed by atoms with Crippen LogP contribution in [-0.2, 0) is 7.05 Å². The summed E-state index contributed by atoms with van der Waals surface area (Å²) in [7, 11) is 1.99. The van der Waals surface area contributed by atoms with Crippen molar-refractivity contribution in [3.63, 3.8) is 0 Å². The number of pyridine rings is 1. The first-order chi connectivity index (χ1) is 12.1. The molecule has 1 aromatic carbocycles. The quantitative estimate of drug-likeness (QED) is 0.721. The molecule has 128 valence electrons. The molecule has 1 saturated heterocycles. The van der Waals surface area contributed by atoms with E-state index in [0.29, 0.717) is 18.7 Å². The molecule has 0 unspecified atom stereocenters. The van der Waals surface area contributed by atoms with E-state index >= 15 is 0 Å². The lowest BCUT2D eigenvalue weighted by molar-refractivity contribution is 0.0746. The van der Waals surface area contributed by atoms with Gasteiger partial charge in [0.1, 0.15) is 11.6 Å². The zero-order valence-corrected chi connectivity index (χ0v) is 14.5. The summed E-state index contributed by atoms with van der Waals surface area (Å²) in [5.41, 5.74) is 2.63. The molecule has 0 N–H and O–H groups in total. The van der Waals surface area contributed by atoms with E-state index in [1.807, 2.05) is 59.8 Å². The molecule has 0 bridgehead atoms. The number of nitrogens with zero attached hydrogens (tertiary/aromatic N) is 5. The van der Waals surface area contributed by atoms with E-state index in [4.69, 9.17) is 0 Å². The predicted molar refractivity (Wildman–Crippen MR) is 97.8 cm³/mol. The van der Waals surface area contributed by atoms with Crippen molar-refractivity contribution in [3.8, 4) is 0 Å². The fourth-order valence-electron chi connectivity index (χ4n) is 3.32. The molecule has 1 aliphatic heterocycles. The Morgan fingerprint density at radius 3 is 2.60 bits per heavy atom. The summed E-state index contributed by atoms with van der Waals surface area (Å²) in [4.78, 5) is 25.9. The zero-order chi connectivity index (χ0) is 17.4. The second kappa shape index (κ2) is 6.20. The van der Waals surface area contributed by atoms with Crippen LogP contribution in [0.2, 0.25) is 0 Å². The van der Waals surface area contributed by atoms with Crippen LogP contribution in [-0.4, -0.2) is 51.5 Å². The maximum Gasteiger partial charge on any atom is 0.254 e. The summed E-state index contributed by atoms with van der Waals surface area (Å²) in [6.07, 6.45) is 1.80. The smallest absolute Gasteiger partial charge is 0.254 e. The van der Waals surface area contributed by atoms with Gasteiger partial charge in [-0.25, -0.2) is 9.97 Å². The highest BCUT2D eigenvalue weighted by Gasteiger charge is 2.23. The number of fused-ring (bicyclic) bond motifs is 1. The SMILES string of the molecule is Cc1nc2cc(C(=O)N3CCN(c4ccccn4)CC3)ccc2n1C. The number of piperazine rings is 1. The fraction of sp³-hybridized carbons (Fsp3) is 0.316. The molecule has 2 aromatic heterocycles. The minimum absolute atomic E-state index is 0.0749. The summed E-state index contributed by atoms with van der Waals surface area (Å²) >= 11 is 0. The lowest BCUT2D eigenvalue weighted by Gasteiger charge is -2.35. The summed E-state index contributed by atoms with van der Waals surface area (Å²) in [6.45, 7) is 4.98. The number of amides is 1. The molecule has 0 atom stereocenters. The van der Waals surface area contributed by atoms with Crippen LogP contribution < -0.4 is 4.90 Å². The highest BCUT2D eigenvalue weighted by molar-refractivity contribution is 5.97. The Hall–Kier alpha value is -2.89. The molecule has 25 heavy (non-hydrogen) atoms. The van der Waals surface area contributed by atoms with Gasteiger partial charge < -0.3 is 14.4 Å². The maximum atomic E-state index is 12.8. The van der Waals surface area contributed by atoms with E-state index < -0.39 is 0 Å². The third-order valence-electron chi connectivity index (χ3n) is 4.89. The topological polar surface area (TPSA) is 54.3 Å². The van der Waals surface area contributed by atoms with Gasteiger partial charge >= 0.3 is 0 Å². The number of rotatable bonds is 2. The zero-order valence-electron chi connectivity index (χ0n) is 14.5. The number of anilines is 1. The van der Waals surface area contributed by atoms with Gasteiger partial charge in [-0.1, -0.05) is 6.07 Å². The molecule has 1 amide bonds. The number of aryl methyl sites for hydroxylation is 2. The van der Waals surface area contributed by atoms with Gasteiger partial charge in [0.25, 0.3) is 5.91 Å². The summed E-state index contributed by atoms with van der Waals surface area (Å²) < 4.78 is 2.04. The van der Waals surface area contributed by atoms with E-state index in [9.17, 15) is 4.79 Å². The Bertz CT molecular complexity index is 910. The molecule has 1 aliphatic rings. The average molecular weight is 335 g/mol. The number of aromatic nitrogens is 3. The number of carbonyl (C=O) groups excluding carboxylic acids is 1. The van der Waals surface area contributed by atoms with Gasteiger partial charge in [-0.05, 0) is 37.3 Å². The van der Waals surface area contributed by atoms with Crippen LogP contribution in [0.15, 0.2) is 42.6 Å². The van der Waals surface area contributed by atoms with E-state index in [0.717, 1.165) is 35.8 Å². The van der Waals surface area contributed by atoms with Crippen molar-refractivity contribution in [1.29, 1.82) is 0 Å². The van der Waals surface area contributed by atoms with E-state index in [2.05, 4.69) is 14.9 Å². The van der Waals surface area contributed by atoms with Crippen molar-refractivity contribution in [2.24, 2.45) is 7.05 Å². The molecule has 6 nitrogen and oxygen atoms in total. The molecule has 0 spiro atoms. The Morgan fingerprint density at radius 1 is 1.08 bits per heavy atom. The van der Waals surface area contributed by atoms with Crippen molar-refractivity contribution in [3.05, 3.63) is 54.0 Å². The Labute approximate surface area is 146 Å². The van der Waals surface area contributed by atoms with Crippen molar-refractivity contribution >= 4 is 22.8 Å². The molecule has 0 saturated carbocycles. The van der Waals surface area contributed by atoms with E-state index in [-0.39, 0.29) is 5.91 Å². The summed E-state index contributed by atoms with van der Waals surface area (Å²) in [6, 6.07) is 11.7. The number of benzene rings is 1. The van der Waals surface area contributed by atoms with Gasteiger partial charge in [0.05, 0.1) is 11.0 Å². The van der Waals surface area contributed by atoms with E-state index in [1.54, 1.807) is 6.20 Å². The van der Waals surface area contributed by atoms with E-state index in [1.165, 1.54) is 0 Å². The molecule has 6 heteroatoms. The standard InChI is InChI=1S/C19H21N5O/c1-14-21-16-13-15(6-7-17(16)22(14)2)19(25)24-11-9-23(10-12-24)18-5-3-4-8-20-18/h3-8,13H,9-12H2,1-2H3. The first kappa shape index (κ1) is 15.6. The van der Waals surface area contributed by atoms with Gasteiger partial charge in [0.2, 0.25) is 0 Å². The largest absolute Gasteiger partial charge is 0.353 e. The molecule has 3 heterocycles. The molecule has 1 fully saturated rings. The van der Waals surface area contributed by atoms with Crippen LogP contribution in [0.1, 0.15) is 16.2 Å². The van der Waals surface area contributed by atoms with Crippen molar-refractivity contribution in [2.75, 3.05) is 31.1 Å². The van der Waals surface area contributed by atoms with Crippen LogP contribution in [0.5, 0.6) is 0 Å². The molecule has 3 aromatic rings. The van der Waals surface area contributed by atoms with Crippen LogP contribution in [0.3, 0.4) is 0 Å². The second-order valence-corrected chi connectivity index (χ2v) is 6.39. The minimum atomic E-state index is 0.0749. The van der Waals surface area contributed by atoms with Gasteiger partial charge in [-0.3, -0.25) is 4.79 Å². The lowest BCUT2D eigenvalue weighted by Crippen LogP contribution is -2.49. The third-order valence-corrected chi connectivity index (χ3v) is 4.89. The molecule has 4 rings (SSSR count). The normalized spacial score (nSPS) is 15.0. The van der Waals surface area contributed by atoms with Gasteiger partial charge in [0.15, 0.2) is 0 Å². The minimum Gasteiger partial charge on any atom is -0.353 e. The highest BCUT2D eigenvalue weighted by atomic mass is 16.2. The van der Waals surface area contributed by atoms with Crippen molar-refractivity contribution < 1.29 is 4.79 Å². The maximum absolute atomic E-state index is 12.8. The second-order valence-electron chi connectivity index (χ2n) is 6.39. The Balaban J connectivity index is 1.49. The van der Waals surface area contributed by atoms with Crippen LogP contribution in [0.25, 0.3) is 11.0 Å². The molecular formula is C19H21N5O. The first-order valence-corrected chi connectivity index (χ1v) is 8.52. The number of imidazole rings is 1. The van der Waals surface area contributed by atoms with Crippen LogP contribution in [0, 0.1) is 6.92 Å². The Kier molecular flexibility index (Phi) is 3.87. The predicted octanol–water partition coefficient (Wildman–Crippen LogP) is 2.24. The third kappa shape index (κ3) is 2.84.